The summed E-state index contributed by atoms with van der Waals surface area (Å²) in [5, 5.41) is 0. The van der Waals surface area contributed by atoms with Gasteiger partial charge in [-0.3, -0.25) is 0 Å². The fourth-order valence-electron chi connectivity index (χ4n) is 3.62. The van der Waals surface area contributed by atoms with Crippen LogP contribution in [-0.4, -0.2) is 43.4 Å². The molecule has 0 aromatic rings. The predicted molar refractivity (Wildman–Crippen MR) is 58.1 cm³/mol. The molecule has 2 bridgehead atoms. The van der Waals surface area contributed by atoms with E-state index in [9.17, 15) is 0 Å². The van der Waals surface area contributed by atoms with Gasteiger partial charge in [0.15, 0.2) is 0 Å². The third-order valence-corrected chi connectivity index (χ3v) is 5.15. The van der Waals surface area contributed by atoms with Gasteiger partial charge in [0.25, 0.3) is 0 Å². The molecule has 2 heteroatoms. The van der Waals surface area contributed by atoms with E-state index in [0.29, 0.717) is 17.6 Å². The van der Waals surface area contributed by atoms with E-state index < -0.39 is 0 Å². The molecule has 2 rings (SSSR count). The molecule has 0 saturated carbocycles. The average molecular weight is 198 g/mol. The molecule has 0 aromatic carbocycles. The Morgan fingerprint density at radius 1 is 1.00 bits per heavy atom. The zero-order valence-electron chi connectivity index (χ0n) is 10.4. The zero-order valence-corrected chi connectivity index (χ0v) is 10.4. The van der Waals surface area contributed by atoms with E-state index in [1.165, 1.54) is 12.8 Å². The van der Waals surface area contributed by atoms with Gasteiger partial charge in [-0.2, -0.15) is 0 Å². The third-order valence-electron chi connectivity index (χ3n) is 5.15. The normalized spacial score (nSPS) is 45.9. The number of nitrogens with zero attached hydrogens (tertiary/aromatic N) is 1. The molecule has 2 nitrogen and oxygen atoms in total. The Kier molecular flexibility index (Phi) is 1.89. The number of fused-ring (bicyclic) bond motifs is 2. The Morgan fingerprint density at radius 3 is 1.79 bits per heavy atom. The summed E-state index contributed by atoms with van der Waals surface area (Å²) in [6.07, 6.45) is 3.45. The SMILES string of the molecule is CC1(C)[C@H]2CC[C@H](O2)[C@]1(C)[N+](C)(C)C. The monoisotopic (exact) mass is 198 g/mol. The van der Waals surface area contributed by atoms with E-state index >= 15 is 0 Å². The van der Waals surface area contributed by atoms with E-state index in [-0.39, 0.29) is 5.54 Å². The predicted octanol–water partition coefficient (Wildman–Crippen LogP) is 2.04. The fourth-order valence-corrected chi connectivity index (χ4v) is 3.62. The van der Waals surface area contributed by atoms with Crippen molar-refractivity contribution in [3.8, 4) is 0 Å². The Bertz CT molecular complexity index is 254. The van der Waals surface area contributed by atoms with Crippen molar-refractivity contribution < 1.29 is 9.22 Å². The standard InChI is InChI=1S/C12H24NO/c1-11(2)9-7-8-10(14-9)12(11,3)13(4,5)6/h9-10H,7-8H2,1-6H3/q+1/t9-,10+,12+/m1/s1. The summed E-state index contributed by atoms with van der Waals surface area (Å²) in [5.74, 6) is 0. The van der Waals surface area contributed by atoms with Gasteiger partial charge in [-0.15, -0.1) is 0 Å². The van der Waals surface area contributed by atoms with Crippen LogP contribution in [0.1, 0.15) is 33.6 Å². The van der Waals surface area contributed by atoms with Gasteiger partial charge < -0.3 is 9.22 Å². The molecule has 0 N–H and O–H groups in total. The molecular weight excluding hydrogens is 174 g/mol. The highest BCUT2D eigenvalue weighted by Gasteiger charge is 2.68. The Labute approximate surface area is 87.8 Å². The minimum atomic E-state index is 0.260. The summed E-state index contributed by atoms with van der Waals surface area (Å²) in [6, 6.07) is 0. The molecule has 14 heavy (non-hydrogen) atoms. The van der Waals surface area contributed by atoms with Crippen LogP contribution >= 0.6 is 0 Å². The van der Waals surface area contributed by atoms with Gasteiger partial charge in [0.05, 0.1) is 27.2 Å². The van der Waals surface area contributed by atoms with Crippen LogP contribution in [-0.2, 0) is 4.74 Å². The molecule has 0 spiro atoms. The van der Waals surface area contributed by atoms with Crippen LogP contribution in [0, 0.1) is 5.41 Å². The van der Waals surface area contributed by atoms with Crippen LogP contribution in [0.15, 0.2) is 0 Å². The highest BCUT2D eigenvalue weighted by atomic mass is 16.5. The van der Waals surface area contributed by atoms with E-state index in [1.54, 1.807) is 0 Å². The Morgan fingerprint density at radius 2 is 1.50 bits per heavy atom. The quantitative estimate of drug-likeness (QED) is 0.586. The van der Waals surface area contributed by atoms with Crippen molar-refractivity contribution in [2.45, 2.75) is 51.4 Å². The summed E-state index contributed by atoms with van der Waals surface area (Å²) in [6.45, 7) is 7.15. The summed E-state index contributed by atoms with van der Waals surface area (Å²) >= 11 is 0. The van der Waals surface area contributed by atoms with Gasteiger partial charge >= 0.3 is 0 Å². The van der Waals surface area contributed by atoms with E-state index in [2.05, 4.69) is 41.9 Å². The van der Waals surface area contributed by atoms with E-state index in [1.807, 2.05) is 0 Å². The zero-order chi connectivity index (χ0) is 10.8. The molecule has 3 atom stereocenters. The van der Waals surface area contributed by atoms with Crippen molar-refractivity contribution >= 4 is 0 Å². The lowest BCUT2D eigenvalue weighted by Gasteiger charge is -2.53. The fraction of sp³-hybridized carbons (Fsp3) is 1.00. The molecule has 0 aromatic heterocycles. The van der Waals surface area contributed by atoms with Gasteiger partial charge in [-0.25, -0.2) is 0 Å². The summed E-state index contributed by atoms with van der Waals surface area (Å²) < 4.78 is 7.12. The largest absolute Gasteiger partial charge is 0.368 e. The van der Waals surface area contributed by atoms with Gasteiger partial charge in [-0.05, 0) is 19.8 Å². The molecular formula is C12H24NO+. The van der Waals surface area contributed by atoms with Crippen LogP contribution < -0.4 is 0 Å². The minimum absolute atomic E-state index is 0.260. The lowest BCUT2D eigenvalue weighted by Crippen LogP contribution is -2.67. The van der Waals surface area contributed by atoms with Crippen LogP contribution in [0.25, 0.3) is 0 Å². The smallest absolute Gasteiger partial charge is 0.130 e. The number of rotatable bonds is 1. The number of hydrogen-bond acceptors (Lipinski definition) is 1. The number of hydrogen-bond donors (Lipinski definition) is 0. The minimum Gasteiger partial charge on any atom is -0.368 e. The molecule has 0 radical (unpaired) electrons. The number of quaternary nitrogens is 1. The van der Waals surface area contributed by atoms with E-state index in [0.717, 1.165) is 4.48 Å². The van der Waals surface area contributed by atoms with Crippen molar-refractivity contribution in [3.63, 3.8) is 0 Å². The van der Waals surface area contributed by atoms with Crippen LogP contribution in [0.2, 0.25) is 0 Å². The number of likely N-dealkylation sites (N-methyl/N-ethyl adjacent to an activating group) is 1. The molecule has 2 saturated heterocycles. The second-order valence-corrected chi connectivity index (χ2v) is 6.57. The summed E-state index contributed by atoms with van der Waals surface area (Å²) in [4.78, 5) is 0. The van der Waals surface area contributed by atoms with Crippen molar-refractivity contribution in [2.24, 2.45) is 5.41 Å². The maximum Gasteiger partial charge on any atom is 0.130 e. The first-order valence-electron chi connectivity index (χ1n) is 5.68. The average Bonchev–Trinajstić information content (AvgIpc) is 2.52. The van der Waals surface area contributed by atoms with Gasteiger partial charge in [0.1, 0.15) is 11.6 Å². The molecule has 0 aliphatic carbocycles. The first-order chi connectivity index (χ1) is 6.21. The van der Waals surface area contributed by atoms with Gasteiger partial charge in [0, 0.05) is 5.41 Å². The first kappa shape index (κ1) is 10.4. The molecule has 82 valence electrons. The van der Waals surface area contributed by atoms with Gasteiger partial charge in [-0.1, -0.05) is 13.8 Å². The molecule has 2 heterocycles. The molecule has 2 fully saturated rings. The highest BCUT2D eigenvalue weighted by molar-refractivity contribution is 5.11. The lowest BCUT2D eigenvalue weighted by molar-refractivity contribution is -0.931. The number of ether oxygens (including phenoxy) is 1. The summed E-state index contributed by atoms with van der Waals surface area (Å²) in [7, 11) is 6.89. The second-order valence-electron chi connectivity index (χ2n) is 6.57. The lowest BCUT2D eigenvalue weighted by atomic mass is 9.62. The Balaban J connectivity index is 2.44. The molecule has 2 aliphatic heterocycles. The van der Waals surface area contributed by atoms with Gasteiger partial charge in [0.2, 0.25) is 0 Å². The maximum absolute atomic E-state index is 6.11. The molecule has 0 unspecified atom stereocenters. The van der Waals surface area contributed by atoms with Crippen molar-refractivity contribution in [1.82, 2.24) is 0 Å². The topological polar surface area (TPSA) is 9.23 Å². The van der Waals surface area contributed by atoms with E-state index in [4.69, 9.17) is 4.74 Å². The van der Waals surface area contributed by atoms with Crippen LogP contribution in [0.5, 0.6) is 0 Å². The summed E-state index contributed by atoms with van der Waals surface area (Å²) in [5.41, 5.74) is 0.560. The van der Waals surface area contributed by atoms with Crippen molar-refractivity contribution in [1.29, 1.82) is 0 Å². The molecule has 0 amide bonds. The Hall–Kier alpha value is -0.0800. The maximum atomic E-state index is 6.11. The van der Waals surface area contributed by atoms with Crippen molar-refractivity contribution in [2.75, 3.05) is 21.1 Å². The second kappa shape index (κ2) is 2.53. The van der Waals surface area contributed by atoms with Crippen LogP contribution in [0.3, 0.4) is 0 Å². The first-order valence-corrected chi connectivity index (χ1v) is 5.68. The molecule has 2 aliphatic rings. The van der Waals surface area contributed by atoms with Crippen LogP contribution in [0.4, 0.5) is 0 Å². The third kappa shape index (κ3) is 0.938. The highest BCUT2D eigenvalue weighted by Crippen LogP contribution is 2.57. The van der Waals surface area contributed by atoms with Crippen molar-refractivity contribution in [3.05, 3.63) is 0 Å².